The summed E-state index contributed by atoms with van der Waals surface area (Å²) in [6, 6.07) is 16.5. The summed E-state index contributed by atoms with van der Waals surface area (Å²) in [7, 11) is -6.00. The van der Waals surface area contributed by atoms with E-state index in [0.29, 0.717) is 0 Å². The van der Waals surface area contributed by atoms with Gasteiger partial charge in [0.2, 0.25) is 4.70 Å². The molecule has 0 aliphatic heterocycles. The van der Waals surface area contributed by atoms with Crippen molar-refractivity contribution in [3.8, 4) is 11.1 Å². The van der Waals surface area contributed by atoms with E-state index in [0.717, 1.165) is 5.58 Å². The van der Waals surface area contributed by atoms with Gasteiger partial charge in [0.15, 0.2) is 0 Å². The zero-order chi connectivity index (χ0) is 14.6. The summed E-state index contributed by atoms with van der Waals surface area (Å²) in [6.45, 7) is 0. The van der Waals surface area contributed by atoms with Crippen LogP contribution in [0.2, 0.25) is 0 Å². The number of benzene rings is 2. The first-order chi connectivity index (χ1) is 9.45. The van der Waals surface area contributed by atoms with Crippen LogP contribution in [0.15, 0.2) is 58.5 Å². The van der Waals surface area contributed by atoms with Crippen molar-refractivity contribution in [2.75, 3.05) is 0 Å². The van der Waals surface area contributed by atoms with Crippen molar-refractivity contribution in [3.05, 3.63) is 54.1 Å². The maximum Gasteiger partial charge on any atom is 0.673 e. The fourth-order valence-electron chi connectivity index (χ4n) is 1.70. The number of hydrogen-bond acceptors (Lipinski definition) is 2. The lowest BCUT2D eigenvalue weighted by Gasteiger charge is -1.96. The molecule has 3 aromatic rings. The topological polar surface area (TPSA) is 13.1 Å². The second-order valence-electron chi connectivity index (χ2n) is 3.83. The number of rotatable bonds is 1. The summed E-state index contributed by atoms with van der Waals surface area (Å²) in [4.78, 5) is 0. The molecular formula is C13H9BF4OS. The predicted molar refractivity (Wildman–Crippen MR) is 74.1 cm³/mol. The van der Waals surface area contributed by atoms with E-state index in [1.54, 1.807) is 16.9 Å². The van der Waals surface area contributed by atoms with E-state index in [-0.39, 0.29) is 0 Å². The van der Waals surface area contributed by atoms with Gasteiger partial charge in [0.05, 0.1) is 11.6 Å². The Balaban J connectivity index is 0.000000257. The lowest BCUT2D eigenvalue weighted by Crippen LogP contribution is -2.02. The highest BCUT2D eigenvalue weighted by Gasteiger charge is 2.20. The molecule has 0 amide bonds. The van der Waals surface area contributed by atoms with Crippen molar-refractivity contribution in [1.29, 1.82) is 0 Å². The Morgan fingerprint density at radius 2 is 1.55 bits per heavy atom. The normalized spacial score (nSPS) is 11.0. The summed E-state index contributed by atoms with van der Waals surface area (Å²) in [5, 5.41) is 0. The van der Waals surface area contributed by atoms with Crippen molar-refractivity contribution in [2.45, 2.75) is 0 Å². The van der Waals surface area contributed by atoms with Crippen molar-refractivity contribution in [3.63, 3.8) is 0 Å². The van der Waals surface area contributed by atoms with Gasteiger partial charge in [-0.3, -0.25) is 0 Å². The first-order valence-electron chi connectivity index (χ1n) is 5.66. The van der Waals surface area contributed by atoms with E-state index in [1.807, 2.05) is 18.2 Å². The van der Waals surface area contributed by atoms with E-state index in [1.165, 1.54) is 15.8 Å². The Morgan fingerprint density at radius 3 is 2.20 bits per heavy atom. The molecule has 20 heavy (non-hydrogen) atoms. The molecule has 1 heterocycles. The quantitative estimate of drug-likeness (QED) is 0.317. The fraction of sp³-hybridized carbons (Fsp3) is 0. The zero-order valence-corrected chi connectivity index (χ0v) is 10.9. The van der Waals surface area contributed by atoms with Crippen LogP contribution in [-0.2, 0) is 0 Å². The minimum Gasteiger partial charge on any atom is -0.418 e. The summed E-state index contributed by atoms with van der Waals surface area (Å²) < 4.78 is 45.6. The van der Waals surface area contributed by atoms with Crippen LogP contribution in [0, 0.1) is 0 Å². The molecule has 1 aromatic heterocycles. The van der Waals surface area contributed by atoms with Crippen LogP contribution in [0.4, 0.5) is 17.3 Å². The molecule has 0 aliphatic carbocycles. The Morgan fingerprint density at radius 1 is 0.900 bits per heavy atom. The largest absolute Gasteiger partial charge is 0.673 e. The standard InChI is InChI=1S/C13H9OS.BF4/c1-2-5-10(6-3-1)11-7-4-8-12-13(11)15-9-14-12;2-1(3,4)5/h1-9H;/q+1;-1. The van der Waals surface area contributed by atoms with Crippen LogP contribution in [0.3, 0.4) is 0 Å². The van der Waals surface area contributed by atoms with Crippen LogP contribution in [0.5, 0.6) is 0 Å². The molecule has 0 atom stereocenters. The summed E-state index contributed by atoms with van der Waals surface area (Å²) in [5.74, 6) is 0. The Bertz CT molecular complexity index is 675. The van der Waals surface area contributed by atoms with Gasteiger partial charge in [-0.05, 0) is 17.7 Å². The molecule has 2 aromatic carbocycles. The van der Waals surface area contributed by atoms with Crippen molar-refractivity contribution >= 4 is 28.9 Å². The third kappa shape index (κ3) is 4.06. The van der Waals surface area contributed by atoms with Crippen molar-refractivity contribution in [1.82, 2.24) is 0 Å². The molecule has 0 saturated carbocycles. The van der Waals surface area contributed by atoms with E-state index in [9.17, 15) is 17.3 Å². The van der Waals surface area contributed by atoms with E-state index < -0.39 is 7.25 Å². The fourth-order valence-corrected chi connectivity index (χ4v) is 2.49. The number of hydrogen-bond donors (Lipinski definition) is 0. The average molecular weight is 300 g/mol. The van der Waals surface area contributed by atoms with Gasteiger partial charge < -0.3 is 21.7 Å². The predicted octanol–water partition coefficient (Wildman–Crippen LogP) is 5.74. The van der Waals surface area contributed by atoms with Gasteiger partial charge in [-0.1, -0.05) is 30.3 Å². The SMILES string of the molecule is F[B-](F)(F)F.c1ccc(-c2cccc3o[cH+]sc23)cc1. The third-order valence-electron chi connectivity index (χ3n) is 2.40. The van der Waals surface area contributed by atoms with Crippen LogP contribution in [0.25, 0.3) is 21.4 Å². The van der Waals surface area contributed by atoms with E-state index >= 15 is 0 Å². The molecule has 3 rings (SSSR count). The van der Waals surface area contributed by atoms with Gasteiger partial charge in [-0.15, -0.1) is 0 Å². The van der Waals surface area contributed by atoms with Crippen molar-refractivity contribution < 1.29 is 21.7 Å². The molecule has 7 heteroatoms. The zero-order valence-electron chi connectivity index (χ0n) is 10.1. The minimum atomic E-state index is -6.00. The first-order valence-corrected chi connectivity index (χ1v) is 6.54. The molecule has 0 aliphatic rings. The Hall–Kier alpha value is -1.89. The highest BCUT2D eigenvalue weighted by molar-refractivity contribution is 7.17. The highest BCUT2D eigenvalue weighted by Crippen LogP contribution is 2.32. The van der Waals surface area contributed by atoms with Gasteiger partial charge >= 0.3 is 7.25 Å². The van der Waals surface area contributed by atoms with Gasteiger partial charge in [-0.25, -0.2) is 0 Å². The summed E-state index contributed by atoms with van der Waals surface area (Å²) in [6.07, 6.45) is 0. The maximum atomic E-state index is 9.75. The molecule has 104 valence electrons. The van der Waals surface area contributed by atoms with E-state index in [4.69, 9.17) is 4.42 Å². The van der Waals surface area contributed by atoms with Crippen LogP contribution in [-0.4, -0.2) is 7.25 Å². The second kappa shape index (κ2) is 6.05. The monoisotopic (exact) mass is 300 g/mol. The average Bonchev–Trinajstić information content (AvgIpc) is 2.86. The number of fused-ring (bicyclic) bond motifs is 1. The lowest BCUT2D eigenvalue weighted by atomic mass is 10.1. The molecule has 0 saturated heterocycles. The summed E-state index contributed by atoms with van der Waals surface area (Å²) >= 11 is 1.64. The third-order valence-corrected chi connectivity index (χ3v) is 3.25. The number of halogens is 4. The molecule has 0 bridgehead atoms. The maximum absolute atomic E-state index is 9.75. The van der Waals surface area contributed by atoms with Gasteiger partial charge in [0, 0.05) is 11.3 Å². The van der Waals surface area contributed by atoms with Crippen molar-refractivity contribution in [2.24, 2.45) is 0 Å². The van der Waals surface area contributed by atoms with Crippen LogP contribution >= 0.6 is 11.3 Å². The highest BCUT2D eigenvalue weighted by atomic mass is 32.1. The van der Waals surface area contributed by atoms with Crippen LogP contribution in [0.1, 0.15) is 0 Å². The minimum absolute atomic E-state index is 0.960. The second-order valence-corrected chi connectivity index (χ2v) is 4.66. The molecule has 1 nitrogen and oxygen atoms in total. The lowest BCUT2D eigenvalue weighted by molar-refractivity contribution is 0.368. The Kier molecular flexibility index (Phi) is 4.39. The van der Waals surface area contributed by atoms with Gasteiger partial charge in [-0.2, -0.15) is 0 Å². The molecule has 0 unspecified atom stereocenters. The molecule has 0 radical (unpaired) electrons. The molecule has 0 spiro atoms. The van der Waals surface area contributed by atoms with Gasteiger partial charge in [0.25, 0.3) is 11.2 Å². The molecule has 0 N–H and O–H groups in total. The Labute approximate surface area is 116 Å². The first kappa shape index (κ1) is 14.5. The molecular weight excluding hydrogens is 291 g/mol. The molecule has 0 fully saturated rings. The smallest absolute Gasteiger partial charge is 0.418 e. The summed E-state index contributed by atoms with van der Waals surface area (Å²) in [5.41, 5.74) is 5.21. The van der Waals surface area contributed by atoms with E-state index in [2.05, 4.69) is 30.3 Å². The van der Waals surface area contributed by atoms with Gasteiger partial charge in [0.1, 0.15) is 0 Å². The van der Waals surface area contributed by atoms with Crippen LogP contribution < -0.4 is 0 Å².